The fourth-order valence-corrected chi connectivity index (χ4v) is 3.39. The molecule has 1 saturated heterocycles. The van der Waals surface area contributed by atoms with Gasteiger partial charge in [0.05, 0.1) is 5.69 Å². The lowest BCUT2D eigenvalue weighted by atomic mass is 10.0. The van der Waals surface area contributed by atoms with E-state index >= 15 is 0 Å². The van der Waals surface area contributed by atoms with Crippen LogP contribution < -0.4 is 10.6 Å². The van der Waals surface area contributed by atoms with Gasteiger partial charge in [0.15, 0.2) is 5.13 Å². The number of piperidine rings is 1. The highest BCUT2D eigenvalue weighted by Gasteiger charge is 2.21. The van der Waals surface area contributed by atoms with Crippen LogP contribution in [0.1, 0.15) is 38.8 Å². The number of anilines is 1. The molecule has 1 fully saturated rings. The Bertz CT molecular complexity index is 429. The number of aromatic nitrogens is 1. The summed E-state index contributed by atoms with van der Waals surface area (Å²) in [4.78, 5) is 18.1. The third-order valence-corrected chi connectivity index (χ3v) is 4.34. The molecule has 0 spiro atoms. The number of thiazole rings is 1. The molecule has 1 aromatic rings. The van der Waals surface area contributed by atoms with Gasteiger partial charge >= 0.3 is 0 Å². The third kappa shape index (κ3) is 4.54. The molecular weight excluding hydrogens is 272 g/mol. The van der Waals surface area contributed by atoms with Gasteiger partial charge in [0, 0.05) is 24.9 Å². The van der Waals surface area contributed by atoms with Gasteiger partial charge in [-0.3, -0.25) is 9.69 Å². The van der Waals surface area contributed by atoms with Crippen molar-refractivity contribution in [2.24, 2.45) is 0 Å². The van der Waals surface area contributed by atoms with E-state index in [1.165, 1.54) is 31.1 Å². The molecule has 6 heteroatoms. The van der Waals surface area contributed by atoms with Gasteiger partial charge < -0.3 is 10.6 Å². The number of amides is 1. The Morgan fingerprint density at radius 2 is 2.30 bits per heavy atom. The molecule has 0 aliphatic carbocycles. The van der Waals surface area contributed by atoms with Crippen LogP contribution in [0.2, 0.25) is 0 Å². The lowest BCUT2D eigenvalue weighted by molar-refractivity contribution is -0.114. The van der Waals surface area contributed by atoms with Gasteiger partial charge in [-0.1, -0.05) is 6.92 Å². The summed E-state index contributed by atoms with van der Waals surface area (Å²) in [6, 6.07) is 0.655. The summed E-state index contributed by atoms with van der Waals surface area (Å²) >= 11 is 1.50. The van der Waals surface area contributed by atoms with Crippen LogP contribution in [0.15, 0.2) is 5.38 Å². The maximum Gasteiger partial charge on any atom is 0.223 e. The average Bonchev–Trinajstić information content (AvgIpc) is 2.86. The molecule has 20 heavy (non-hydrogen) atoms. The molecule has 0 aromatic carbocycles. The summed E-state index contributed by atoms with van der Waals surface area (Å²) in [5, 5.41) is 8.92. The SMILES string of the molecule is CCCN(Cc1csc(NC(C)=O)n1)C1CCNCC1. The summed E-state index contributed by atoms with van der Waals surface area (Å²) in [6.07, 6.45) is 3.58. The van der Waals surface area contributed by atoms with Crippen LogP contribution in [0.4, 0.5) is 5.13 Å². The number of hydrogen-bond donors (Lipinski definition) is 2. The number of carbonyl (C=O) groups is 1. The molecule has 0 radical (unpaired) electrons. The van der Waals surface area contributed by atoms with Crippen LogP contribution in [-0.2, 0) is 11.3 Å². The standard InChI is InChI=1S/C14H24N4OS/c1-3-8-18(13-4-6-15-7-5-13)9-12-10-20-14(17-12)16-11(2)19/h10,13,15H,3-9H2,1-2H3,(H,16,17,19). The maximum atomic E-state index is 11.0. The third-order valence-electron chi connectivity index (χ3n) is 3.54. The lowest BCUT2D eigenvalue weighted by Crippen LogP contribution is -2.43. The Labute approximate surface area is 124 Å². The zero-order valence-corrected chi connectivity index (χ0v) is 13.1. The van der Waals surface area contributed by atoms with Crippen molar-refractivity contribution in [1.82, 2.24) is 15.2 Å². The van der Waals surface area contributed by atoms with Crippen molar-refractivity contribution in [2.75, 3.05) is 25.0 Å². The Hall–Kier alpha value is -0.980. The van der Waals surface area contributed by atoms with Crippen LogP contribution in [0.5, 0.6) is 0 Å². The van der Waals surface area contributed by atoms with E-state index in [4.69, 9.17) is 0 Å². The van der Waals surface area contributed by atoms with Crippen molar-refractivity contribution in [1.29, 1.82) is 0 Å². The zero-order chi connectivity index (χ0) is 14.4. The Morgan fingerprint density at radius 1 is 1.55 bits per heavy atom. The molecule has 1 aromatic heterocycles. The predicted octanol–water partition coefficient (Wildman–Crippen LogP) is 2.07. The lowest BCUT2D eigenvalue weighted by Gasteiger charge is -2.34. The highest BCUT2D eigenvalue weighted by Crippen LogP contribution is 2.20. The first kappa shape index (κ1) is 15.4. The predicted molar refractivity (Wildman–Crippen MR) is 83.0 cm³/mol. The van der Waals surface area contributed by atoms with E-state index in [0.717, 1.165) is 38.3 Å². The average molecular weight is 296 g/mol. The van der Waals surface area contributed by atoms with Gasteiger partial charge in [0.25, 0.3) is 0 Å². The minimum absolute atomic E-state index is 0.0605. The second-order valence-electron chi connectivity index (χ2n) is 5.28. The molecule has 0 bridgehead atoms. The van der Waals surface area contributed by atoms with E-state index in [9.17, 15) is 4.79 Å². The largest absolute Gasteiger partial charge is 0.317 e. The molecule has 0 unspecified atom stereocenters. The van der Waals surface area contributed by atoms with Crippen molar-refractivity contribution < 1.29 is 4.79 Å². The first-order valence-electron chi connectivity index (χ1n) is 7.35. The van der Waals surface area contributed by atoms with Crippen LogP contribution in [0, 0.1) is 0 Å². The van der Waals surface area contributed by atoms with Gasteiger partial charge in [-0.15, -0.1) is 11.3 Å². The van der Waals surface area contributed by atoms with Gasteiger partial charge in [-0.05, 0) is 38.9 Å². The molecule has 1 aliphatic heterocycles. The number of carbonyl (C=O) groups excluding carboxylic acids is 1. The quantitative estimate of drug-likeness (QED) is 0.844. The molecule has 2 N–H and O–H groups in total. The summed E-state index contributed by atoms with van der Waals surface area (Å²) in [5.74, 6) is -0.0605. The van der Waals surface area contributed by atoms with Crippen LogP contribution in [0.3, 0.4) is 0 Å². The zero-order valence-electron chi connectivity index (χ0n) is 12.3. The monoisotopic (exact) mass is 296 g/mol. The van der Waals surface area contributed by atoms with Gasteiger partial charge in [-0.25, -0.2) is 4.98 Å². The normalized spacial score (nSPS) is 16.6. The van der Waals surface area contributed by atoms with Gasteiger partial charge in [-0.2, -0.15) is 0 Å². The van der Waals surface area contributed by atoms with E-state index in [-0.39, 0.29) is 5.91 Å². The summed E-state index contributed by atoms with van der Waals surface area (Å²) in [6.45, 7) is 7.95. The van der Waals surface area contributed by atoms with Crippen LogP contribution >= 0.6 is 11.3 Å². The molecule has 2 rings (SSSR count). The minimum Gasteiger partial charge on any atom is -0.317 e. The second kappa shape index (κ2) is 7.71. The van der Waals surface area contributed by atoms with Crippen molar-refractivity contribution in [3.8, 4) is 0 Å². The van der Waals surface area contributed by atoms with E-state index in [0.29, 0.717) is 11.2 Å². The molecule has 2 heterocycles. The Balaban J connectivity index is 1.96. The van der Waals surface area contributed by atoms with Crippen molar-refractivity contribution in [2.45, 2.75) is 45.7 Å². The van der Waals surface area contributed by atoms with Gasteiger partial charge in [0.1, 0.15) is 0 Å². The number of rotatable bonds is 6. The summed E-state index contributed by atoms with van der Waals surface area (Å²) < 4.78 is 0. The molecule has 1 amide bonds. The summed E-state index contributed by atoms with van der Waals surface area (Å²) in [7, 11) is 0. The molecule has 112 valence electrons. The van der Waals surface area contributed by atoms with Crippen LogP contribution in [-0.4, -0.2) is 41.5 Å². The first-order chi connectivity index (χ1) is 9.69. The minimum atomic E-state index is -0.0605. The molecule has 5 nitrogen and oxygen atoms in total. The van der Waals surface area contributed by atoms with Crippen molar-refractivity contribution in [3.63, 3.8) is 0 Å². The first-order valence-corrected chi connectivity index (χ1v) is 8.23. The van der Waals surface area contributed by atoms with E-state index in [2.05, 4.69) is 32.8 Å². The smallest absolute Gasteiger partial charge is 0.223 e. The van der Waals surface area contributed by atoms with Crippen molar-refractivity contribution >= 4 is 22.4 Å². The number of hydrogen-bond acceptors (Lipinski definition) is 5. The fourth-order valence-electron chi connectivity index (χ4n) is 2.65. The summed E-state index contributed by atoms with van der Waals surface area (Å²) in [5.41, 5.74) is 1.06. The number of nitrogens with zero attached hydrogens (tertiary/aromatic N) is 2. The molecule has 0 saturated carbocycles. The van der Waals surface area contributed by atoms with E-state index < -0.39 is 0 Å². The molecule has 0 atom stereocenters. The Morgan fingerprint density at radius 3 is 2.95 bits per heavy atom. The topological polar surface area (TPSA) is 57.3 Å². The van der Waals surface area contributed by atoms with E-state index in [1.807, 2.05) is 0 Å². The highest BCUT2D eigenvalue weighted by atomic mass is 32.1. The maximum absolute atomic E-state index is 11.0. The fraction of sp³-hybridized carbons (Fsp3) is 0.714. The number of nitrogens with one attached hydrogen (secondary N) is 2. The van der Waals surface area contributed by atoms with Crippen molar-refractivity contribution in [3.05, 3.63) is 11.1 Å². The highest BCUT2D eigenvalue weighted by molar-refractivity contribution is 7.13. The van der Waals surface area contributed by atoms with Crippen LogP contribution in [0.25, 0.3) is 0 Å². The second-order valence-corrected chi connectivity index (χ2v) is 6.13. The molecular formula is C14H24N4OS. The molecule has 1 aliphatic rings. The van der Waals surface area contributed by atoms with Gasteiger partial charge in [0.2, 0.25) is 5.91 Å². The van der Waals surface area contributed by atoms with E-state index in [1.54, 1.807) is 0 Å². The Kier molecular flexibility index (Phi) is 5.94.